The van der Waals surface area contributed by atoms with Crippen molar-refractivity contribution in [2.45, 2.75) is 27.2 Å². The lowest BCUT2D eigenvalue weighted by molar-refractivity contribution is -0.385. The number of aromatic nitrogens is 2. The van der Waals surface area contributed by atoms with E-state index in [-0.39, 0.29) is 11.6 Å². The number of nitro benzene ring substituents is 1. The summed E-state index contributed by atoms with van der Waals surface area (Å²) >= 11 is 0. The number of primary amides is 1. The third kappa shape index (κ3) is 2.76. The van der Waals surface area contributed by atoms with Gasteiger partial charge >= 0.3 is 6.03 Å². The van der Waals surface area contributed by atoms with Crippen LogP contribution in [0.2, 0.25) is 0 Å². The van der Waals surface area contributed by atoms with Crippen LogP contribution in [0.3, 0.4) is 0 Å². The van der Waals surface area contributed by atoms with E-state index in [1.54, 1.807) is 19.9 Å². The van der Waals surface area contributed by atoms with Crippen molar-refractivity contribution < 1.29 is 14.5 Å². The van der Waals surface area contributed by atoms with Gasteiger partial charge in [0.05, 0.1) is 10.6 Å². The summed E-state index contributed by atoms with van der Waals surface area (Å²) in [4.78, 5) is 21.7. The van der Waals surface area contributed by atoms with Crippen molar-refractivity contribution in [1.29, 1.82) is 0 Å². The fourth-order valence-electron chi connectivity index (χ4n) is 2.22. The molecule has 0 saturated carbocycles. The zero-order valence-electron chi connectivity index (χ0n) is 12.5. The van der Waals surface area contributed by atoms with Crippen LogP contribution >= 0.6 is 0 Å². The lowest BCUT2D eigenvalue weighted by Crippen LogP contribution is -2.22. The highest BCUT2D eigenvalue weighted by Gasteiger charge is 2.18. The van der Waals surface area contributed by atoms with Gasteiger partial charge in [-0.1, -0.05) is 6.92 Å². The molecule has 8 heteroatoms. The summed E-state index contributed by atoms with van der Waals surface area (Å²) in [5.41, 5.74) is 7.12. The molecular weight excluding hydrogens is 288 g/mol. The Morgan fingerprint density at radius 2 is 2.14 bits per heavy atom. The number of carbonyl (C=O) groups is 1. The first-order valence-corrected chi connectivity index (χ1v) is 6.66. The normalized spacial score (nSPS) is 10.5. The quantitative estimate of drug-likeness (QED) is 0.689. The van der Waals surface area contributed by atoms with Crippen LogP contribution in [0.5, 0.6) is 11.6 Å². The van der Waals surface area contributed by atoms with Gasteiger partial charge in [-0.25, -0.2) is 4.79 Å². The molecule has 22 heavy (non-hydrogen) atoms. The van der Waals surface area contributed by atoms with Gasteiger partial charge in [-0.15, -0.1) is 5.10 Å². The van der Waals surface area contributed by atoms with Gasteiger partial charge in [-0.3, -0.25) is 10.1 Å². The van der Waals surface area contributed by atoms with Gasteiger partial charge < -0.3 is 10.5 Å². The molecule has 0 bridgehead atoms. The monoisotopic (exact) mass is 304 g/mol. The largest absolute Gasteiger partial charge is 0.437 e. The molecule has 2 N–H and O–H groups in total. The van der Waals surface area contributed by atoms with Gasteiger partial charge in [0.15, 0.2) is 0 Å². The summed E-state index contributed by atoms with van der Waals surface area (Å²) in [6.07, 6.45) is 0.612. The molecule has 0 spiro atoms. The van der Waals surface area contributed by atoms with Crippen LogP contribution in [0.25, 0.3) is 0 Å². The molecule has 1 heterocycles. The number of amides is 1. The van der Waals surface area contributed by atoms with Crippen LogP contribution < -0.4 is 10.5 Å². The molecule has 0 aliphatic rings. The maximum atomic E-state index is 11.3. The first-order chi connectivity index (χ1) is 10.3. The molecule has 8 nitrogen and oxygen atoms in total. The number of benzene rings is 1. The first kappa shape index (κ1) is 15.5. The predicted octanol–water partition coefficient (Wildman–Crippen LogP) is 2.69. The van der Waals surface area contributed by atoms with Gasteiger partial charge in [0.2, 0.25) is 5.88 Å². The zero-order valence-corrected chi connectivity index (χ0v) is 12.5. The second kappa shape index (κ2) is 5.84. The first-order valence-electron chi connectivity index (χ1n) is 6.66. The topological polar surface area (TPSA) is 113 Å². The van der Waals surface area contributed by atoms with Crippen LogP contribution in [0.1, 0.15) is 23.7 Å². The molecule has 116 valence electrons. The van der Waals surface area contributed by atoms with E-state index in [0.29, 0.717) is 23.4 Å². The average molecular weight is 304 g/mol. The second-order valence-corrected chi connectivity index (χ2v) is 4.78. The number of aryl methyl sites for hydroxylation is 1. The minimum Gasteiger partial charge on any atom is -0.437 e. The summed E-state index contributed by atoms with van der Waals surface area (Å²) in [5.74, 6) is 0.680. The number of nitro groups is 1. The van der Waals surface area contributed by atoms with E-state index in [2.05, 4.69) is 5.10 Å². The van der Waals surface area contributed by atoms with Crippen molar-refractivity contribution in [2.24, 2.45) is 5.73 Å². The van der Waals surface area contributed by atoms with E-state index in [1.807, 2.05) is 6.92 Å². The highest BCUT2D eigenvalue weighted by Crippen LogP contribution is 2.30. The van der Waals surface area contributed by atoms with Crippen molar-refractivity contribution >= 4 is 11.7 Å². The molecular formula is C14H16N4O4. The molecule has 1 aromatic heterocycles. The average Bonchev–Trinajstić information content (AvgIpc) is 2.74. The fourth-order valence-corrected chi connectivity index (χ4v) is 2.22. The van der Waals surface area contributed by atoms with E-state index in [9.17, 15) is 14.9 Å². The Balaban J connectivity index is 2.39. The van der Waals surface area contributed by atoms with E-state index >= 15 is 0 Å². The van der Waals surface area contributed by atoms with Gasteiger partial charge in [0.25, 0.3) is 5.69 Å². The van der Waals surface area contributed by atoms with E-state index in [4.69, 9.17) is 10.5 Å². The Labute approximate surface area is 126 Å². The van der Waals surface area contributed by atoms with Gasteiger partial charge in [-0.2, -0.15) is 4.68 Å². The highest BCUT2D eigenvalue weighted by molar-refractivity contribution is 5.75. The Morgan fingerprint density at radius 1 is 1.45 bits per heavy atom. The lowest BCUT2D eigenvalue weighted by atomic mass is 10.2. The molecule has 0 fully saturated rings. The standard InChI is InChI=1S/C14H16N4O4/c1-4-11-9(3)17(14(15)19)16-13(11)22-10-5-6-12(18(20)21)8(2)7-10/h5-7H,4H2,1-3H3,(H2,15,19). The number of carbonyl (C=O) groups excluding carboxylic acids is 1. The Hall–Kier alpha value is -2.90. The SMILES string of the molecule is CCc1c(Oc2ccc([N+](=O)[O-])c(C)c2)nn(C(N)=O)c1C. The van der Waals surface area contributed by atoms with Crippen LogP contribution in [-0.2, 0) is 6.42 Å². The maximum Gasteiger partial charge on any atom is 0.339 e. The Kier molecular flexibility index (Phi) is 4.11. The predicted molar refractivity (Wildman–Crippen MR) is 79.2 cm³/mol. The van der Waals surface area contributed by atoms with Crippen LogP contribution in [0, 0.1) is 24.0 Å². The fraction of sp³-hybridized carbons (Fsp3) is 0.286. The third-order valence-corrected chi connectivity index (χ3v) is 3.35. The summed E-state index contributed by atoms with van der Waals surface area (Å²) in [6, 6.07) is 3.72. The molecule has 1 aromatic carbocycles. The molecule has 1 amide bonds. The summed E-state index contributed by atoms with van der Waals surface area (Å²) in [5, 5.41) is 14.9. The number of nitrogens with two attached hydrogens (primary N) is 1. The minimum atomic E-state index is -0.693. The third-order valence-electron chi connectivity index (χ3n) is 3.35. The highest BCUT2D eigenvalue weighted by atomic mass is 16.6. The van der Waals surface area contributed by atoms with E-state index in [1.165, 1.54) is 12.1 Å². The number of nitrogens with zero attached hydrogens (tertiary/aromatic N) is 3. The molecule has 0 saturated heterocycles. The van der Waals surface area contributed by atoms with Gasteiger partial charge in [-0.05, 0) is 32.4 Å². The smallest absolute Gasteiger partial charge is 0.339 e. The molecule has 0 radical (unpaired) electrons. The number of rotatable bonds is 4. The lowest BCUT2D eigenvalue weighted by Gasteiger charge is -2.05. The minimum absolute atomic E-state index is 0.0157. The van der Waals surface area contributed by atoms with Crippen LogP contribution in [-0.4, -0.2) is 20.7 Å². The molecule has 0 aliphatic carbocycles. The number of ether oxygens (including phenoxy) is 1. The van der Waals surface area contributed by atoms with Crippen LogP contribution in [0.15, 0.2) is 18.2 Å². The van der Waals surface area contributed by atoms with Crippen molar-refractivity contribution in [3.8, 4) is 11.6 Å². The van der Waals surface area contributed by atoms with Gasteiger partial charge in [0, 0.05) is 17.2 Å². The van der Waals surface area contributed by atoms with E-state index < -0.39 is 11.0 Å². The Bertz CT molecular complexity index is 752. The van der Waals surface area contributed by atoms with Crippen molar-refractivity contribution in [3.63, 3.8) is 0 Å². The number of hydrogen-bond donors (Lipinski definition) is 1. The second-order valence-electron chi connectivity index (χ2n) is 4.78. The van der Waals surface area contributed by atoms with Crippen molar-refractivity contribution in [2.75, 3.05) is 0 Å². The summed E-state index contributed by atoms with van der Waals surface area (Å²) in [7, 11) is 0. The molecule has 0 atom stereocenters. The van der Waals surface area contributed by atoms with Gasteiger partial charge in [0.1, 0.15) is 5.75 Å². The summed E-state index contributed by atoms with van der Waals surface area (Å²) < 4.78 is 6.74. The summed E-state index contributed by atoms with van der Waals surface area (Å²) in [6.45, 7) is 5.26. The molecule has 2 rings (SSSR count). The van der Waals surface area contributed by atoms with Crippen molar-refractivity contribution in [1.82, 2.24) is 9.78 Å². The zero-order chi connectivity index (χ0) is 16.4. The van der Waals surface area contributed by atoms with Crippen molar-refractivity contribution in [3.05, 3.63) is 45.1 Å². The molecule has 0 unspecified atom stereocenters. The van der Waals surface area contributed by atoms with E-state index in [0.717, 1.165) is 10.2 Å². The molecule has 2 aromatic rings. The maximum absolute atomic E-state index is 11.3. The Morgan fingerprint density at radius 3 is 2.64 bits per heavy atom. The number of hydrogen-bond acceptors (Lipinski definition) is 5. The van der Waals surface area contributed by atoms with Crippen LogP contribution in [0.4, 0.5) is 10.5 Å². The molecule has 0 aliphatic heterocycles.